The van der Waals surface area contributed by atoms with Crippen LogP contribution in [0.2, 0.25) is 0 Å². The number of hydrogen-bond acceptors (Lipinski definition) is 5. The van der Waals surface area contributed by atoms with E-state index in [1.807, 2.05) is 0 Å². The summed E-state index contributed by atoms with van der Waals surface area (Å²) in [5.74, 6) is 5.29. The molecule has 0 aliphatic rings. The van der Waals surface area contributed by atoms with Gasteiger partial charge in [-0.15, -0.1) is 0 Å². The van der Waals surface area contributed by atoms with Crippen molar-refractivity contribution in [2.75, 3.05) is 7.11 Å². The van der Waals surface area contributed by atoms with Crippen LogP contribution in [0.4, 0.5) is 5.69 Å². The van der Waals surface area contributed by atoms with Gasteiger partial charge in [0.25, 0.3) is 5.69 Å². The predicted octanol–water partition coefficient (Wildman–Crippen LogP) is 0.994. The number of nitro groups is 1. The largest absolute Gasteiger partial charge is 0.496 e. The Morgan fingerprint density at radius 1 is 1.57 bits per heavy atom. The van der Waals surface area contributed by atoms with E-state index in [1.165, 1.54) is 19.2 Å². The van der Waals surface area contributed by atoms with Crippen LogP contribution in [0.3, 0.4) is 0 Å². The van der Waals surface area contributed by atoms with E-state index in [2.05, 4.69) is 4.84 Å². The fourth-order valence-corrected chi connectivity index (χ4v) is 1.06. The van der Waals surface area contributed by atoms with Crippen LogP contribution in [0.5, 0.6) is 5.75 Å². The summed E-state index contributed by atoms with van der Waals surface area (Å²) >= 11 is 0. The molecule has 0 saturated carbocycles. The smallest absolute Gasteiger partial charge is 0.273 e. The lowest BCUT2D eigenvalue weighted by atomic mass is 10.2. The highest BCUT2D eigenvalue weighted by molar-refractivity contribution is 5.44. The van der Waals surface area contributed by atoms with Crippen molar-refractivity contribution >= 4 is 5.69 Å². The molecule has 0 bridgehead atoms. The predicted molar refractivity (Wildman–Crippen MR) is 48.6 cm³/mol. The quantitative estimate of drug-likeness (QED) is 0.575. The number of nitro benzene ring substituents is 1. The van der Waals surface area contributed by atoms with Crippen LogP contribution in [0.25, 0.3) is 0 Å². The number of nitrogens with zero attached hydrogens (tertiary/aromatic N) is 1. The Hall–Kier alpha value is -1.66. The first-order chi connectivity index (χ1) is 6.69. The molecule has 1 aromatic carbocycles. The highest BCUT2D eigenvalue weighted by Crippen LogP contribution is 2.24. The monoisotopic (exact) mass is 198 g/mol. The number of ether oxygens (including phenoxy) is 1. The van der Waals surface area contributed by atoms with Gasteiger partial charge in [-0.25, -0.2) is 5.90 Å². The van der Waals surface area contributed by atoms with Gasteiger partial charge in [-0.3, -0.25) is 15.0 Å². The summed E-state index contributed by atoms with van der Waals surface area (Å²) in [5, 5.41) is 10.4. The summed E-state index contributed by atoms with van der Waals surface area (Å²) in [6, 6.07) is 4.25. The second-order valence-corrected chi connectivity index (χ2v) is 2.56. The topological polar surface area (TPSA) is 87.6 Å². The SMILES string of the molecule is COc1cc([N+](=O)[O-])ccc1CON. The molecule has 2 N–H and O–H groups in total. The Morgan fingerprint density at radius 2 is 2.29 bits per heavy atom. The number of benzene rings is 1. The minimum Gasteiger partial charge on any atom is -0.496 e. The Balaban J connectivity index is 3.04. The molecule has 0 amide bonds. The van der Waals surface area contributed by atoms with Gasteiger partial charge in [-0.2, -0.15) is 0 Å². The molecule has 0 radical (unpaired) electrons. The standard InChI is InChI=1S/C8H10N2O4/c1-13-8-4-7(10(11)12)3-2-6(8)5-14-9/h2-4H,5,9H2,1H3. The molecule has 0 spiro atoms. The third-order valence-electron chi connectivity index (χ3n) is 1.72. The fraction of sp³-hybridized carbons (Fsp3) is 0.250. The Morgan fingerprint density at radius 3 is 2.79 bits per heavy atom. The highest BCUT2D eigenvalue weighted by Gasteiger charge is 2.10. The van der Waals surface area contributed by atoms with Crippen molar-refractivity contribution in [1.82, 2.24) is 0 Å². The zero-order chi connectivity index (χ0) is 10.6. The molecule has 76 valence electrons. The summed E-state index contributed by atoms with van der Waals surface area (Å²) in [6.07, 6.45) is 0. The van der Waals surface area contributed by atoms with Crippen LogP contribution in [0, 0.1) is 10.1 Å². The summed E-state index contributed by atoms with van der Waals surface area (Å²) in [7, 11) is 1.43. The fourth-order valence-electron chi connectivity index (χ4n) is 1.06. The van der Waals surface area contributed by atoms with Crippen molar-refractivity contribution < 1.29 is 14.5 Å². The van der Waals surface area contributed by atoms with Crippen molar-refractivity contribution in [2.24, 2.45) is 5.90 Å². The maximum atomic E-state index is 10.4. The van der Waals surface area contributed by atoms with Gasteiger partial charge in [-0.1, -0.05) is 0 Å². The lowest BCUT2D eigenvalue weighted by molar-refractivity contribution is -0.384. The van der Waals surface area contributed by atoms with Crippen molar-refractivity contribution in [1.29, 1.82) is 0 Å². The molecule has 0 fully saturated rings. The molecule has 0 saturated heterocycles. The first-order valence-electron chi connectivity index (χ1n) is 3.82. The second kappa shape index (κ2) is 4.54. The first kappa shape index (κ1) is 10.4. The van der Waals surface area contributed by atoms with Crippen LogP contribution < -0.4 is 10.6 Å². The molecule has 0 atom stereocenters. The van der Waals surface area contributed by atoms with Crippen molar-refractivity contribution in [3.8, 4) is 5.75 Å². The van der Waals surface area contributed by atoms with E-state index < -0.39 is 4.92 Å². The average molecular weight is 198 g/mol. The number of rotatable bonds is 4. The first-order valence-corrected chi connectivity index (χ1v) is 3.82. The molecular weight excluding hydrogens is 188 g/mol. The normalized spacial score (nSPS) is 9.86. The lowest BCUT2D eigenvalue weighted by Gasteiger charge is -2.06. The molecule has 6 nitrogen and oxygen atoms in total. The number of hydrogen-bond donors (Lipinski definition) is 1. The maximum Gasteiger partial charge on any atom is 0.273 e. The Kier molecular flexibility index (Phi) is 3.38. The van der Waals surface area contributed by atoms with Crippen LogP contribution in [-0.4, -0.2) is 12.0 Å². The van der Waals surface area contributed by atoms with Gasteiger partial charge in [-0.05, 0) is 6.07 Å². The Bertz CT molecular complexity index is 340. The summed E-state index contributed by atoms with van der Waals surface area (Å²) < 4.78 is 4.95. The van der Waals surface area contributed by atoms with E-state index in [0.717, 1.165) is 0 Å². The van der Waals surface area contributed by atoms with Crippen LogP contribution >= 0.6 is 0 Å². The van der Waals surface area contributed by atoms with E-state index in [0.29, 0.717) is 11.3 Å². The maximum absolute atomic E-state index is 10.4. The summed E-state index contributed by atoms with van der Waals surface area (Å²) in [4.78, 5) is 14.4. The molecule has 14 heavy (non-hydrogen) atoms. The molecule has 0 aliphatic carbocycles. The molecule has 0 aliphatic heterocycles. The van der Waals surface area contributed by atoms with E-state index in [-0.39, 0.29) is 12.3 Å². The zero-order valence-corrected chi connectivity index (χ0v) is 7.60. The highest BCUT2D eigenvalue weighted by atomic mass is 16.6. The van der Waals surface area contributed by atoms with Crippen LogP contribution in [0.15, 0.2) is 18.2 Å². The zero-order valence-electron chi connectivity index (χ0n) is 7.60. The van der Waals surface area contributed by atoms with Gasteiger partial charge in [0.15, 0.2) is 0 Å². The molecule has 0 heterocycles. The second-order valence-electron chi connectivity index (χ2n) is 2.56. The molecule has 0 aromatic heterocycles. The van der Waals surface area contributed by atoms with Gasteiger partial charge in [0.1, 0.15) is 5.75 Å². The van der Waals surface area contributed by atoms with E-state index in [9.17, 15) is 10.1 Å². The molecule has 6 heteroatoms. The van der Waals surface area contributed by atoms with Crippen molar-refractivity contribution in [3.63, 3.8) is 0 Å². The molecule has 1 aromatic rings. The minimum atomic E-state index is -0.490. The third-order valence-corrected chi connectivity index (χ3v) is 1.72. The van der Waals surface area contributed by atoms with Gasteiger partial charge >= 0.3 is 0 Å². The molecular formula is C8H10N2O4. The molecule has 1 rings (SSSR count). The van der Waals surface area contributed by atoms with Crippen molar-refractivity contribution in [2.45, 2.75) is 6.61 Å². The minimum absolute atomic E-state index is 0.0254. The van der Waals surface area contributed by atoms with Gasteiger partial charge in [0, 0.05) is 11.6 Å². The van der Waals surface area contributed by atoms with E-state index in [1.54, 1.807) is 6.07 Å². The summed E-state index contributed by atoms with van der Waals surface area (Å²) in [6.45, 7) is 0.154. The van der Waals surface area contributed by atoms with Gasteiger partial charge < -0.3 is 4.74 Å². The van der Waals surface area contributed by atoms with Gasteiger partial charge in [0.2, 0.25) is 0 Å². The Labute approximate surface area is 80.3 Å². The number of methoxy groups -OCH3 is 1. The summed E-state index contributed by atoms with van der Waals surface area (Å²) in [5.41, 5.74) is 0.642. The van der Waals surface area contributed by atoms with Gasteiger partial charge in [0.05, 0.1) is 24.7 Å². The number of non-ortho nitro benzene ring substituents is 1. The molecule has 0 unspecified atom stereocenters. The third kappa shape index (κ3) is 2.18. The van der Waals surface area contributed by atoms with Crippen LogP contribution in [-0.2, 0) is 11.4 Å². The van der Waals surface area contributed by atoms with E-state index >= 15 is 0 Å². The van der Waals surface area contributed by atoms with E-state index in [4.69, 9.17) is 10.6 Å². The number of nitrogens with two attached hydrogens (primary N) is 1. The van der Waals surface area contributed by atoms with Crippen molar-refractivity contribution in [3.05, 3.63) is 33.9 Å². The lowest BCUT2D eigenvalue weighted by Crippen LogP contribution is -2.01. The van der Waals surface area contributed by atoms with Crippen LogP contribution in [0.1, 0.15) is 5.56 Å². The average Bonchev–Trinajstić information content (AvgIpc) is 2.18.